The topological polar surface area (TPSA) is 85.5 Å². The van der Waals surface area contributed by atoms with E-state index in [9.17, 15) is 8.42 Å². The van der Waals surface area contributed by atoms with Crippen LogP contribution in [0.1, 0.15) is 11.5 Å². The third-order valence-corrected chi connectivity index (χ3v) is 6.52. The van der Waals surface area contributed by atoms with Crippen LogP contribution in [0.2, 0.25) is 0 Å². The highest BCUT2D eigenvalue weighted by Gasteiger charge is 2.27. The smallest absolute Gasteiger partial charge is 0.243 e. The molecule has 0 spiro atoms. The molecule has 0 radical (unpaired) electrons. The minimum atomic E-state index is -3.83. The molecule has 0 aliphatic heterocycles. The monoisotopic (exact) mass is 435 g/mol. The summed E-state index contributed by atoms with van der Waals surface area (Å²) in [6, 6.07) is 25.0. The summed E-state index contributed by atoms with van der Waals surface area (Å²) in [5, 5.41) is 4.00. The maximum Gasteiger partial charge on any atom is 0.243 e. The highest BCUT2D eigenvalue weighted by molar-refractivity contribution is 7.89. The number of nitrogens with zero attached hydrogens (tertiary/aromatic N) is 3. The van der Waals surface area contributed by atoms with E-state index in [2.05, 4.69) is 10.1 Å². The molecule has 158 valence electrons. The van der Waals surface area contributed by atoms with Crippen molar-refractivity contribution in [2.75, 3.05) is 7.11 Å². The summed E-state index contributed by atoms with van der Waals surface area (Å²) in [6.07, 6.45) is 0. The van der Waals surface area contributed by atoms with E-state index in [0.717, 1.165) is 11.1 Å². The molecule has 0 amide bonds. The standard InChI is InChI=1S/C23H21N3O4S/c1-29-20-12-14-21(15-13-20)31(27,28)26(16-18-8-4-2-5-9-18)17-22-24-23(25-30-22)19-10-6-3-7-11-19/h2-15H,16-17H2,1H3. The van der Waals surface area contributed by atoms with Gasteiger partial charge in [-0.1, -0.05) is 65.8 Å². The van der Waals surface area contributed by atoms with Crippen molar-refractivity contribution in [2.45, 2.75) is 18.0 Å². The Morgan fingerprint density at radius 1 is 0.871 bits per heavy atom. The van der Waals surface area contributed by atoms with Gasteiger partial charge in [-0.3, -0.25) is 0 Å². The van der Waals surface area contributed by atoms with Gasteiger partial charge in [0.1, 0.15) is 5.75 Å². The minimum Gasteiger partial charge on any atom is -0.497 e. The van der Waals surface area contributed by atoms with Crippen LogP contribution in [-0.2, 0) is 23.1 Å². The van der Waals surface area contributed by atoms with E-state index in [0.29, 0.717) is 11.6 Å². The average molecular weight is 436 g/mol. The molecule has 1 heterocycles. The second-order valence-electron chi connectivity index (χ2n) is 6.81. The van der Waals surface area contributed by atoms with Crippen LogP contribution in [0.3, 0.4) is 0 Å². The lowest BCUT2D eigenvalue weighted by Gasteiger charge is -2.21. The lowest BCUT2D eigenvalue weighted by atomic mass is 10.2. The molecule has 0 aliphatic rings. The molecule has 4 rings (SSSR count). The number of hydrogen-bond donors (Lipinski definition) is 0. The molecule has 0 unspecified atom stereocenters. The van der Waals surface area contributed by atoms with Gasteiger partial charge in [0.15, 0.2) is 0 Å². The fourth-order valence-corrected chi connectivity index (χ4v) is 4.46. The first kappa shape index (κ1) is 20.8. The summed E-state index contributed by atoms with van der Waals surface area (Å²) >= 11 is 0. The first-order valence-corrected chi connectivity index (χ1v) is 11.1. The number of sulfonamides is 1. The Hall–Kier alpha value is -3.49. The van der Waals surface area contributed by atoms with Crippen molar-refractivity contribution in [1.29, 1.82) is 0 Å². The van der Waals surface area contributed by atoms with E-state index in [1.165, 1.54) is 23.5 Å². The summed E-state index contributed by atoms with van der Waals surface area (Å²) in [6.45, 7) is 0.112. The molecule has 3 aromatic carbocycles. The van der Waals surface area contributed by atoms with Gasteiger partial charge in [-0.25, -0.2) is 8.42 Å². The van der Waals surface area contributed by atoms with Gasteiger partial charge in [0.2, 0.25) is 21.7 Å². The molecular weight excluding hydrogens is 414 g/mol. The summed E-state index contributed by atoms with van der Waals surface area (Å²) < 4.78 is 38.7. The van der Waals surface area contributed by atoms with Gasteiger partial charge in [0.05, 0.1) is 18.6 Å². The Balaban J connectivity index is 1.65. The molecule has 8 heteroatoms. The van der Waals surface area contributed by atoms with Crippen molar-refractivity contribution in [1.82, 2.24) is 14.4 Å². The zero-order valence-electron chi connectivity index (χ0n) is 16.9. The van der Waals surface area contributed by atoms with Crippen molar-refractivity contribution in [3.63, 3.8) is 0 Å². The Morgan fingerprint density at radius 2 is 1.52 bits per heavy atom. The summed E-state index contributed by atoms with van der Waals surface area (Å²) in [5.74, 6) is 1.21. The van der Waals surface area contributed by atoms with Crippen LogP contribution in [0, 0.1) is 0 Å². The fraction of sp³-hybridized carbons (Fsp3) is 0.130. The molecule has 4 aromatic rings. The number of ether oxygens (including phenoxy) is 1. The fourth-order valence-electron chi connectivity index (χ4n) is 3.08. The summed E-state index contributed by atoms with van der Waals surface area (Å²) in [4.78, 5) is 4.55. The molecule has 31 heavy (non-hydrogen) atoms. The maximum atomic E-state index is 13.4. The predicted octanol–water partition coefficient (Wildman–Crippen LogP) is 4.14. The first-order chi connectivity index (χ1) is 15.1. The van der Waals surface area contributed by atoms with Crippen LogP contribution in [0.25, 0.3) is 11.4 Å². The van der Waals surface area contributed by atoms with Crippen molar-refractivity contribution in [3.05, 3.63) is 96.4 Å². The second kappa shape index (κ2) is 9.11. The van der Waals surface area contributed by atoms with Crippen molar-refractivity contribution >= 4 is 10.0 Å². The average Bonchev–Trinajstić information content (AvgIpc) is 3.29. The molecule has 0 aliphatic carbocycles. The lowest BCUT2D eigenvalue weighted by molar-refractivity contribution is 0.312. The van der Waals surface area contributed by atoms with Gasteiger partial charge in [-0.2, -0.15) is 9.29 Å². The zero-order chi connectivity index (χ0) is 21.7. The molecule has 0 saturated carbocycles. The highest BCUT2D eigenvalue weighted by Crippen LogP contribution is 2.24. The van der Waals surface area contributed by atoms with Gasteiger partial charge in [-0.05, 0) is 29.8 Å². The first-order valence-electron chi connectivity index (χ1n) is 9.62. The minimum absolute atomic E-state index is 0.0525. The van der Waals surface area contributed by atoms with Gasteiger partial charge >= 0.3 is 0 Å². The van der Waals surface area contributed by atoms with Crippen molar-refractivity contribution in [2.24, 2.45) is 0 Å². The number of rotatable bonds is 8. The van der Waals surface area contributed by atoms with Crippen LogP contribution < -0.4 is 4.74 Å². The molecular formula is C23H21N3O4S. The van der Waals surface area contributed by atoms with E-state index in [1.807, 2.05) is 60.7 Å². The van der Waals surface area contributed by atoms with Gasteiger partial charge in [0.25, 0.3) is 0 Å². The summed E-state index contributed by atoms with van der Waals surface area (Å²) in [5.41, 5.74) is 1.65. The maximum absolute atomic E-state index is 13.4. The van der Waals surface area contributed by atoms with Crippen molar-refractivity contribution in [3.8, 4) is 17.1 Å². The van der Waals surface area contributed by atoms with Crippen LogP contribution in [-0.4, -0.2) is 30.0 Å². The van der Waals surface area contributed by atoms with E-state index < -0.39 is 10.0 Å². The third kappa shape index (κ3) is 4.82. The molecule has 1 aromatic heterocycles. The molecule has 0 atom stereocenters. The zero-order valence-corrected chi connectivity index (χ0v) is 17.7. The van der Waals surface area contributed by atoms with Crippen LogP contribution in [0.15, 0.2) is 94.3 Å². The molecule has 0 bridgehead atoms. The van der Waals surface area contributed by atoms with Gasteiger partial charge < -0.3 is 9.26 Å². The molecule has 0 fully saturated rings. The highest BCUT2D eigenvalue weighted by atomic mass is 32.2. The van der Waals surface area contributed by atoms with E-state index in [-0.39, 0.29) is 23.9 Å². The Bertz CT molecular complexity index is 1220. The van der Waals surface area contributed by atoms with Crippen LogP contribution in [0.4, 0.5) is 0 Å². The molecule has 0 saturated heterocycles. The number of benzene rings is 3. The van der Waals surface area contributed by atoms with E-state index in [1.54, 1.807) is 12.1 Å². The third-order valence-electron chi connectivity index (χ3n) is 4.71. The van der Waals surface area contributed by atoms with E-state index >= 15 is 0 Å². The van der Waals surface area contributed by atoms with Crippen LogP contribution in [0.5, 0.6) is 5.75 Å². The number of hydrogen-bond acceptors (Lipinski definition) is 6. The Kier molecular flexibility index (Phi) is 6.11. The largest absolute Gasteiger partial charge is 0.497 e. The Labute approximate surface area is 181 Å². The number of aromatic nitrogens is 2. The normalized spacial score (nSPS) is 11.5. The number of methoxy groups -OCH3 is 1. The molecule has 7 nitrogen and oxygen atoms in total. The second-order valence-corrected chi connectivity index (χ2v) is 8.75. The molecule has 0 N–H and O–H groups in total. The summed E-state index contributed by atoms with van der Waals surface area (Å²) in [7, 11) is -2.29. The van der Waals surface area contributed by atoms with Crippen molar-refractivity contribution < 1.29 is 17.7 Å². The van der Waals surface area contributed by atoms with E-state index in [4.69, 9.17) is 9.26 Å². The van der Waals surface area contributed by atoms with Gasteiger partial charge in [-0.15, -0.1) is 0 Å². The Morgan fingerprint density at radius 3 is 2.16 bits per heavy atom. The predicted molar refractivity (Wildman–Crippen MR) is 116 cm³/mol. The SMILES string of the molecule is COc1ccc(S(=O)(=O)N(Cc2ccccc2)Cc2nc(-c3ccccc3)no2)cc1. The van der Waals surface area contributed by atoms with Gasteiger partial charge in [0, 0.05) is 12.1 Å². The lowest BCUT2D eigenvalue weighted by Crippen LogP contribution is -2.30. The quantitative estimate of drug-likeness (QED) is 0.414. The van der Waals surface area contributed by atoms with Crippen LogP contribution >= 0.6 is 0 Å².